The molecule has 0 bridgehead atoms. The summed E-state index contributed by atoms with van der Waals surface area (Å²) < 4.78 is 12.7. The highest BCUT2D eigenvalue weighted by molar-refractivity contribution is 5.93. The van der Waals surface area contributed by atoms with Crippen LogP contribution in [0.15, 0.2) is 140 Å². The zero-order chi connectivity index (χ0) is 44.5. The zero-order valence-corrected chi connectivity index (χ0v) is 37.2. The lowest BCUT2D eigenvalue weighted by atomic mass is 9.80. The molecule has 9 nitrogen and oxygen atoms in total. The average Bonchev–Trinajstić information content (AvgIpc) is 3.64. The number of ether oxygens (including phenoxy) is 2. The van der Waals surface area contributed by atoms with Crippen LogP contribution in [0.1, 0.15) is 100.0 Å². The molecule has 1 fully saturated rings. The zero-order valence-electron chi connectivity index (χ0n) is 37.2. The molecule has 7 rings (SSSR count). The Labute approximate surface area is 372 Å². The third kappa shape index (κ3) is 9.58. The fourth-order valence-corrected chi connectivity index (χ4v) is 9.61. The van der Waals surface area contributed by atoms with Gasteiger partial charge in [0.15, 0.2) is 5.60 Å². The molecule has 9 heteroatoms. The molecule has 0 radical (unpaired) electrons. The molecule has 3 amide bonds. The number of carbonyl (C=O) groups is 4. The van der Waals surface area contributed by atoms with Crippen LogP contribution in [0, 0.1) is 17.8 Å². The van der Waals surface area contributed by atoms with E-state index < -0.39 is 41.7 Å². The molecule has 328 valence electrons. The van der Waals surface area contributed by atoms with Crippen molar-refractivity contribution in [2.24, 2.45) is 17.8 Å². The standard InChI is InChI=1S/C54H61N3O6/c1-6-37(4)48(56-53(61)62-35-46-44-33-21-19-31-42(44)43-32-20-22-34-45(43)46)51(59)57(5)49(38-23-11-7-12-24-38)50(58)55-47(36(2)3)52(60)63-54(39-25-13-8-14-26-39,40-27-15-9-16-28-40)41-29-17-10-18-30-41/h8-10,13-22,25-34,36-38,46-49H,6-7,11-12,23-24,35H2,1-5H3,(H,55,58)(H,56,61)/t37-,47+,48-,49-/m0/s1. The van der Waals surface area contributed by atoms with Gasteiger partial charge in [0.05, 0.1) is 0 Å². The minimum atomic E-state index is -1.33. The first-order valence-electron chi connectivity index (χ1n) is 22.6. The largest absolute Gasteiger partial charge is 0.449 e. The Morgan fingerprint density at radius 2 is 1.13 bits per heavy atom. The van der Waals surface area contributed by atoms with Gasteiger partial charge < -0.3 is 25.0 Å². The third-order valence-electron chi connectivity index (χ3n) is 13.2. The summed E-state index contributed by atoms with van der Waals surface area (Å²) in [6.07, 6.45) is 4.30. The summed E-state index contributed by atoms with van der Waals surface area (Å²) >= 11 is 0. The van der Waals surface area contributed by atoms with Gasteiger partial charge in [-0.3, -0.25) is 9.59 Å². The highest BCUT2D eigenvalue weighted by Crippen LogP contribution is 2.45. The number of carbonyl (C=O) groups excluding carboxylic acids is 4. The van der Waals surface area contributed by atoms with Crippen molar-refractivity contribution in [1.29, 1.82) is 0 Å². The Morgan fingerprint density at radius 1 is 0.651 bits per heavy atom. The third-order valence-corrected chi connectivity index (χ3v) is 13.2. The number of nitrogens with one attached hydrogen (secondary N) is 2. The summed E-state index contributed by atoms with van der Waals surface area (Å²) in [6, 6.07) is 42.3. The minimum absolute atomic E-state index is 0.108. The Morgan fingerprint density at radius 3 is 1.60 bits per heavy atom. The number of likely N-dealkylation sites (N-methyl/N-ethyl adjacent to an activating group) is 1. The van der Waals surface area contributed by atoms with Gasteiger partial charge in [0.2, 0.25) is 11.8 Å². The predicted octanol–water partition coefficient (Wildman–Crippen LogP) is 10.0. The van der Waals surface area contributed by atoms with Crippen molar-refractivity contribution in [3.63, 3.8) is 0 Å². The molecular weight excluding hydrogens is 787 g/mol. The summed E-state index contributed by atoms with van der Waals surface area (Å²) in [5.41, 5.74) is 5.38. The number of hydrogen-bond donors (Lipinski definition) is 2. The van der Waals surface area contributed by atoms with Crippen molar-refractivity contribution in [2.75, 3.05) is 13.7 Å². The van der Waals surface area contributed by atoms with Gasteiger partial charge in [0.25, 0.3) is 0 Å². The Hall–Kier alpha value is -6.22. The van der Waals surface area contributed by atoms with Crippen LogP contribution in [0.25, 0.3) is 11.1 Å². The molecule has 4 atom stereocenters. The smallest absolute Gasteiger partial charge is 0.407 e. The fraction of sp³-hybridized carbons (Fsp3) is 0.370. The number of amides is 3. The lowest BCUT2D eigenvalue weighted by Gasteiger charge is -2.40. The quantitative estimate of drug-likeness (QED) is 0.0755. The molecule has 2 aliphatic carbocycles. The van der Waals surface area contributed by atoms with Crippen LogP contribution in [0.3, 0.4) is 0 Å². The van der Waals surface area contributed by atoms with E-state index in [4.69, 9.17) is 9.47 Å². The molecule has 0 unspecified atom stereocenters. The van der Waals surface area contributed by atoms with Crippen molar-refractivity contribution in [1.82, 2.24) is 15.5 Å². The normalized spacial score (nSPS) is 15.8. The highest BCUT2D eigenvalue weighted by Gasteiger charge is 2.45. The van der Waals surface area contributed by atoms with Gasteiger partial charge in [-0.2, -0.15) is 0 Å². The van der Waals surface area contributed by atoms with Crippen LogP contribution in [-0.4, -0.2) is 60.6 Å². The van der Waals surface area contributed by atoms with Crippen molar-refractivity contribution in [3.8, 4) is 11.1 Å². The summed E-state index contributed by atoms with van der Waals surface area (Å²) in [4.78, 5) is 59.6. The second-order valence-electron chi connectivity index (χ2n) is 17.6. The van der Waals surface area contributed by atoms with Crippen LogP contribution < -0.4 is 10.6 Å². The highest BCUT2D eigenvalue weighted by atomic mass is 16.6. The maximum Gasteiger partial charge on any atom is 0.407 e. The van der Waals surface area contributed by atoms with Crippen LogP contribution in [0.5, 0.6) is 0 Å². The summed E-state index contributed by atoms with van der Waals surface area (Å²) in [6.45, 7) is 7.75. The van der Waals surface area contributed by atoms with Crippen molar-refractivity contribution < 1.29 is 28.7 Å². The Bertz CT molecular complexity index is 2190. The number of nitrogens with zero attached hydrogens (tertiary/aromatic N) is 1. The molecular formula is C54H61N3O6. The topological polar surface area (TPSA) is 114 Å². The second-order valence-corrected chi connectivity index (χ2v) is 17.6. The summed E-state index contributed by atoms with van der Waals surface area (Å²) in [5, 5.41) is 6.01. The van der Waals surface area contributed by atoms with E-state index in [9.17, 15) is 19.2 Å². The molecule has 0 aliphatic heterocycles. The van der Waals surface area contributed by atoms with Crippen LogP contribution in [0.4, 0.5) is 4.79 Å². The maximum atomic E-state index is 14.9. The van der Waals surface area contributed by atoms with Crippen molar-refractivity contribution >= 4 is 23.9 Å². The maximum absolute atomic E-state index is 14.9. The molecule has 63 heavy (non-hydrogen) atoms. The van der Waals surface area contributed by atoms with E-state index in [0.29, 0.717) is 6.42 Å². The second kappa shape index (κ2) is 20.3. The van der Waals surface area contributed by atoms with Crippen LogP contribution in [0.2, 0.25) is 0 Å². The van der Waals surface area contributed by atoms with Crippen LogP contribution in [-0.2, 0) is 29.5 Å². The molecule has 0 aromatic heterocycles. The number of rotatable bonds is 16. The van der Waals surface area contributed by atoms with E-state index in [0.717, 1.165) is 71.0 Å². The first-order chi connectivity index (χ1) is 30.5. The van der Waals surface area contributed by atoms with Gasteiger partial charge in [0, 0.05) is 29.7 Å². The van der Waals surface area contributed by atoms with Gasteiger partial charge in [-0.1, -0.05) is 193 Å². The first kappa shape index (κ1) is 44.8. The Kier molecular flexibility index (Phi) is 14.5. The van der Waals surface area contributed by atoms with Gasteiger partial charge in [0.1, 0.15) is 24.7 Å². The van der Waals surface area contributed by atoms with E-state index in [1.54, 1.807) is 7.05 Å². The molecule has 0 heterocycles. The Balaban J connectivity index is 1.13. The summed E-state index contributed by atoms with van der Waals surface area (Å²) in [5.74, 6) is -2.33. The van der Waals surface area contributed by atoms with Gasteiger partial charge in [-0.05, 0) is 52.8 Å². The fourth-order valence-electron chi connectivity index (χ4n) is 9.61. The number of fused-ring (bicyclic) bond motifs is 3. The number of hydrogen-bond acceptors (Lipinski definition) is 6. The molecule has 0 spiro atoms. The number of benzene rings is 5. The van der Waals surface area contributed by atoms with Gasteiger partial charge in [-0.15, -0.1) is 0 Å². The molecule has 5 aromatic rings. The molecule has 2 N–H and O–H groups in total. The van der Waals surface area contributed by atoms with E-state index >= 15 is 0 Å². The van der Waals surface area contributed by atoms with Crippen LogP contribution >= 0.6 is 0 Å². The van der Waals surface area contributed by atoms with Crippen molar-refractivity contribution in [3.05, 3.63) is 167 Å². The van der Waals surface area contributed by atoms with E-state index in [-0.39, 0.29) is 36.2 Å². The number of alkyl carbamates (subject to hydrolysis) is 1. The SMILES string of the molecule is CC[C@H](C)[C@H](NC(=O)OCC1c2ccccc2-c2ccccc21)C(=O)N(C)[C@H](C(=O)N[C@@H](C(=O)OC(c1ccccc1)(c1ccccc1)c1ccccc1)C(C)C)C1CCCCC1. The molecule has 5 aromatic carbocycles. The predicted molar refractivity (Wildman–Crippen MR) is 247 cm³/mol. The van der Waals surface area contributed by atoms with Gasteiger partial charge in [-0.25, -0.2) is 9.59 Å². The van der Waals surface area contributed by atoms with E-state index in [1.165, 1.54) is 4.90 Å². The summed E-state index contributed by atoms with van der Waals surface area (Å²) in [7, 11) is 1.64. The molecule has 2 aliphatic rings. The lowest BCUT2D eigenvalue weighted by molar-refractivity contribution is -0.159. The minimum Gasteiger partial charge on any atom is -0.449 e. The monoisotopic (exact) mass is 847 g/mol. The van der Waals surface area contributed by atoms with Crippen molar-refractivity contribution in [2.45, 2.75) is 95.9 Å². The number of esters is 1. The molecule has 1 saturated carbocycles. The average molecular weight is 848 g/mol. The molecule has 0 saturated heterocycles. The van der Waals surface area contributed by atoms with E-state index in [2.05, 4.69) is 34.9 Å². The van der Waals surface area contributed by atoms with Gasteiger partial charge >= 0.3 is 12.1 Å². The first-order valence-corrected chi connectivity index (χ1v) is 22.6. The van der Waals surface area contributed by atoms with E-state index in [1.807, 2.05) is 143 Å². The lowest BCUT2D eigenvalue weighted by Crippen LogP contribution is -2.60.